The van der Waals surface area contributed by atoms with Crippen molar-refractivity contribution in [3.05, 3.63) is 28.2 Å². The molecule has 2 atom stereocenters. The van der Waals surface area contributed by atoms with Crippen LogP contribution in [0.1, 0.15) is 26.2 Å². The van der Waals surface area contributed by atoms with Crippen molar-refractivity contribution in [1.82, 2.24) is 4.90 Å². The van der Waals surface area contributed by atoms with E-state index in [1.54, 1.807) is 30.1 Å². The van der Waals surface area contributed by atoms with Crippen LogP contribution < -0.4 is 5.32 Å². The number of halogens is 2. The lowest BCUT2D eigenvalue weighted by Gasteiger charge is -2.16. The largest absolute Gasteiger partial charge is 0.346 e. The average Bonchev–Trinajstić information content (AvgIpc) is 3.28. The molecule has 0 spiro atoms. The fourth-order valence-corrected chi connectivity index (χ4v) is 2.87. The minimum atomic E-state index is -0.288. The molecule has 1 aliphatic carbocycles. The molecule has 2 unspecified atom stereocenters. The summed E-state index contributed by atoms with van der Waals surface area (Å²) >= 11 is 12.1. The summed E-state index contributed by atoms with van der Waals surface area (Å²) in [5, 5.41) is 3.52. The fraction of sp³-hybridized carbons (Fsp3) is 0.500. The van der Waals surface area contributed by atoms with Crippen LogP contribution in [0.25, 0.3) is 0 Å². The topological polar surface area (TPSA) is 49.4 Å². The molecule has 1 aliphatic rings. The molecule has 0 aliphatic heterocycles. The molecule has 120 valence electrons. The molecule has 0 heterocycles. The van der Waals surface area contributed by atoms with Gasteiger partial charge in [0.25, 0.3) is 0 Å². The van der Waals surface area contributed by atoms with Crippen LogP contribution >= 0.6 is 23.2 Å². The van der Waals surface area contributed by atoms with Crippen molar-refractivity contribution in [2.24, 2.45) is 11.8 Å². The molecule has 6 heteroatoms. The Labute approximate surface area is 140 Å². The number of unbranched alkanes of at least 4 members (excludes halogenated alkanes) is 1. The van der Waals surface area contributed by atoms with Crippen molar-refractivity contribution in [1.29, 1.82) is 0 Å². The highest BCUT2D eigenvalue weighted by atomic mass is 35.5. The number of hydrogen-bond acceptors (Lipinski definition) is 2. The van der Waals surface area contributed by atoms with E-state index in [0.29, 0.717) is 22.2 Å². The van der Waals surface area contributed by atoms with Gasteiger partial charge in [0, 0.05) is 13.6 Å². The molecule has 0 aromatic heterocycles. The van der Waals surface area contributed by atoms with E-state index in [-0.39, 0.29) is 23.7 Å². The molecule has 0 saturated heterocycles. The van der Waals surface area contributed by atoms with Gasteiger partial charge in [-0.2, -0.15) is 0 Å². The predicted octanol–water partition coefficient (Wildman–Crippen LogP) is 3.83. The van der Waals surface area contributed by atoms with E-state index in [1.807, 2.05) is 0 Å². The van der Waals surface area contributed by atoms with E-state index in [4.69, 9.17) is 23.2 Å². The first kappa shape index (κ1) is 17.1. The summed E-state index contributed by atoms with van der Waals surface area (Å²) in [6.07, 6.45) is 2.60. The summed E-state index contributed by atoms with van der Waals surface area (Å²) in [6.45, 7) is 2.82. The van der Waals surface area contributed by atoms with Crippen molar-refractivity contribution < 1.29 is 9.59 Å². The normalized spacial score (nSPS) is 19.6. The van der Waals surface area contributed by atoms with E-state index in [0.717, 1.165) is 19.4 Å². The third-order valence-corrected chi connectivity index (χ3v) is 4.51. The van der Waals surface area contributed by atoms with E-state index in [9.17, 15) is 9.59 Å². The number of anilines is 1. The van der Waals surface area contributed by atoms with E-state index < -0.39 is 0 Å². The molecule has 2 amide bonds. The van der Waals surface area contributed by atoms with Crippen molar-refractivity contribution in [3.63, 3.8) is 0 Å². The van der Waals surface area contributed by atoms with Crippen LogP contribution in [0.5, 0.6) is 0 Å². The minimum Gasteiger partial charge on any atom is -0.346 e. The lowest BCUT2D eigenvalue weighted by atomic mass is 10.2. The molecule has 22 heavy (non-hydrogen) atoms. The van der Waals surface area contributed by atoms with Crippen LogP contribution in [-0.4, -0.2) is 30.3 Å². The van der Waals surface area contributed by atoms with Gasteiger partial charge in [-0.05, 0) is 25.0 Å². The molecule has 0 bridgehead atoms. The molecule has 1 N–H and O–H groups in total. The van der Waals surface area contributed by atoms with Gasteiger partial charge in [0.1, 0.15) is 0 Å². The Balaban J connectivity index is 1.92. The van der Waals surface area contributed by atoms with E-state index in [2.05, 4.69) is 12.2 Å². The lowest BCUT2D eigenvalue weighted by Crippen LogP contribution is -2.30. The fourth-order valence-electron chi connectivity index (χ4n) is 2.38. The first-order chi connectivity index (χ1) is 10.5. The molecule has 1 fully saturated rings. The first-order valence-corrected chi connectivity index (χ1v) is 8.21. The molecule has 1 aromatic rings. The average molecular weight is 343 g/mol. The second kappa shape index (κ2) is 7.34. The van der Waals surface area contributed by atoms with E-state index in [1.165, 1.54) is 0 Å². The maximum Gasteiger partial charge on any atom is 0.228 e. The highest BCUT2D eigenvalue weighted by molar-refractivity contribution is 6.39. The zero-order valence-electron chi connectivity index (χ0n) is 12.7. The smallest absolute Gasteiger partial charge is 0.228 e. The molecule has 1 saturated carbocycles. The number of nitrogens with zero attached hydrogens (tertiary/aromatic N) is 1. The van der Waals surface area contributed by atoms with Crippen LogP contribution in [-0.2, 0) is 9.59 Å². The SMILES string of the molecule is CCCCN(C)C(=O)C1CC1C(=O)Nc1c(Cl)cccc1Cl. The number of para-hydroxylation sites is 1. The van der Waals surface area contributed by atoms with Gasteiger partial charge in [-0.3, -0.25) is 9.59 Å². The Kier molecular flexibility index (Phi) is 5.70. The number of hydrogen-bond donors (Lipinski definition) is 1. The zero-order valence-corrected chi connectivity index (χ0v) is 14.2. The molecule has 0 radical (unpaired) electrons. The van der Waals surface area contributed by atoms with Gasteiger partial charge >= 0.3 is 0 Å². The van der Waals surface area contributed by atoms with Gasteiger partial charge in [0.15, 0.2) is 0 Å². The Morgan fingerprint density at radius 3 is 2.50 bits per heavy atom. The third kappa shape index (κ3) is 3.93. The number of nitrogens with one attached hydrogen (secondary N) is 1. The Morgan fingerprint density at radius 1 is 1.27 bits per heavy atom. The number of carbonyl (C=O) groups excluding carboxylic acids is 2. The van der Waals surface area contributed by atoms with Crippen LogP contribution in [0.3, 0.4) is 0 Å². The Morgan fingerprint density at radius 2 is 1.91 bits per heavy atom. The monoisotopic (exact) mass is 342 g/mol. The maximum atomic E-state index is 12.2. The van der Waals surface area contributed by atoms with Crippen molar-refractivity contribution >= 4 is 40.7 Å². The van der Waals surface area contributed by atoms with E-state index >= 15 is 0 Å². The number of amides is 2. The number of rotatable bonds is 6. The van der Waals surface area contributed by atoms with Gasteiger partial charge in [-0.25, -0.2) is 0 Å². The Bertz CT molecular complexity index is 557. The number of carbonyl (C=O) groups is 2. The summed E-state index contributed by atoms with van der Waals surface area (Å²) in [5.41, 5.74) is 0.410. The summed E-state index contributed by atoms with van der Waals surface area (Å²) in [6, 6.07) is 5.04. The predicted molar refractivity (Wildman–Crippen MR) is 89.2 cm³/mol. The quantitative estimate of drug-likeness (QED) is 0.853. The molecular formula is C16H20Cl2N2O2. The standard InChI is InChI=1S/C16H20Cl2N2O2/c1-3-4-8-20(2)16(22)11-9-10(11)15(21)19-14-12(17)6-5-7-13(14)18/h5-7,10-11H,3-4,8-9H2,1-2H3,(H,19,21). The highest BCUT2D eigenvalue weighted by Gasteiger charge is 2.49. The second-order valence-electron chi connectivity index (χ2n) is 5.65. The molecule has 4 nitrogen and oxygen atoms in total. The summed E-state index contributed by atoms with van der Waals surface area (Å²) in [5.74, 6) is -0.664. The van der Waals surface area contributed by atoms with Gasteiger partial charge in [0.2, 0.25) is 11.8 Å². The van der Waals surface area contributed by atoms with Gasteiger partial charge in [-0.15, -0.1) is 0 Å². The van der Waals surface area contributed by atoms with Crippen molar-refractivity contribution in [2.45, 2.75) is 26.2 Å². The minimum absolute atomic E-state index is 0.0406. The van der Waals surface area contributed by atoms with Gasteiger partial charge < -0.3 is 10.2 Å². The highest BCUT2D eigenvalue weighted by Crippen LogP contribution is 2.41. The summed E-state index contributed by atoms with van der Waals surface area (Å²) in [7, 11) is 1.79. The Hall–Kier alpha value is -1.26. The zero-order chi connectivity index (χ0) is 16.3. The van der Waals surface area contributed by atoms with Gasteiger partial charge in [0.05, 0.1) is 27.6 Å². The lowest BCUT2D eigenvalue weighted by molar-refractivity contribution is -0.132. The van der Waals surface area contributed by atoms with Crippen molar-refractivity contribution in [3.8, 4) is 0 Å². The third-order valence-electron chi connectivity index (χ3n) is 3.88. The molecule has 2 rings (SSSR count). The first-order valence-electron chi connectivity index (χ1n) is 7.45. The number of benzene rings is 1. The van der Waals surface area contributed by atoms with Crippen LogP contribution in [0.2, 0.25) is 10.0 Å². The summed E-state index contributed by atoms with van der Waals surface area (Å²) in [4.78, 5) is 26.1. The summed E-state index contributed by atoms with van der Waals surface area (Å²) < 4.78 is 0. The second-order valence-corrected chi connectivity index (χ2v) is 6.46. The molecular weight excluding hydrogens is 323 g/mol. The van der Waals surface area contributed by atoms with Gasteiger partial charge in [-0.1, -0.05) is 42.6 Å². The van der Waals surface area contributed by atoms with Crippen LogP contribution in [0.15, 0.2) is 18.2 Å². The van der Waals surface area contributed by atoms with Crippen molar-refractivity contribution in [2.75, 3.05) is 18.9 Å². The maximum absolute atomic E-state index is 12.2. The molecule has 1 aromatic carbocycles. The van der Waals surface area contributed by atoms with Crippen LogP contribution in [0.4, 0.5) is 5.69 Å². The van der Waals surface area contributed by atoms with Crippen LogP contribution in [0, 0.1) is 11.8 Å².